The van der Waals surface area contributed by atoms with E-state index >= 15 is 0 Å². The highest BCUT2D eigenvalue weighted by atomic mass is 35.5. The quantitative estimate of drug-likeness (QED) is 0.736. The van der Waals surface area contributed by atoms with Gasteiger partial charge in [-0.25, -0.2) is 0 Å². The molecule has 0 fully saturated rings. The fourth-order valence-corrected chi connectivity index (χ4v) is 2.55. The smallest absolute Gasteiger partial charge is 0.260 e. The molecular weight excluding hydrogens is 324 g/mol. The van der Waals surface area contributed by atoms with E-state index in [-0.39, 0.29) is 5.91 Å². The minimum absolute atomic E-state index is 0.109. The lowest BCUT2D eigenvalue weighted by Crippen LogP contribution is -2.36. The molecule has 4 nitrogen and oxygen atoms in total. The highest BCUT2D eigenvalue weighted by molar-refractivity contribution is 6.30. The van der Waals surface area contributed by atoms with Gasteiger partial charge in [0.1, 0.15) is 5.75 Å². The molecule has 2 rings (SSSR count). The van der Waals surface area contributed by atoms with Crippen LogP contribution in [0.5, 0.6) is 5.75 Å². The van der Waals surface area contributed by atoms with Crippen LogP contribution in [0.3, 0.4) is 0 Å². The number of benzene rings is 1. The number of carbonyl (C=O) groups excluding carboxylic acids is 1. The SMILES string of the molecule is Cc1cc(Cl)ccc1O[C@H](C)C(=O)NCCCCc1ccccn1. The molecule has 5 heteroatoms. The van der Waals surface area contributed by atoms with Crippen LogP contribution in [0.1, 0.15) is 31.0 Å². The van der Waals surface area contributed by atoms with Crippen LogP contribution in [0.15, 0.2) is 42.6 Å². The zero-order chi connectivity index (χ0) is 17.4. The van der Waals surface area contributed by atoms with Crippen LogP contribution in [-0.4, -0.2) is 23.5 Å². The topological polar surface area (TPSA) is 51.2 Å². The zero-order valence-corrected chi connectivity index (χ0v) is 14.8. The number of aromatic nitrogens is 1. The number of unbranched alkanes of at least 4 members (excludes halogenated alkanes) is 1. The van der Waals surface area contributed by atoms with Gasteiger partial charge in [-0.15, -0.1) is 0 Å². The van der Waals surface area contributed by atoms with Crippen LogP contribution in [-0.2, 0) is 11.2 Å². The highest BCUT2D eigenvalue weighted by Gasteiger charge is 2.15. The molecule has 1 heterocycles. The maximum Gasteiger partial charge on any atom is 0.260 e. The number of halogens is 1. The van der Waals surface area contributed by atoms with Gasteiger partial charge in [-0.1, -0.05) is 17.7 Å². The molecule has 0 saturated heterocycles. The van der Waals surface area contributed by atoms with E-state index in [1.54, 1.807) is 25.3 Å². The lowest BCUT2D eigenvalue weighted by molar-refractivity contribution is -0.127. The molecule has 1 aromatic heterocycles. The number of aryl methyl sites for hydroxylation is 2. The summed E-state index contributed by atoms with van der Waals surface area (Å²) < 4.78 is 5.71. The van der Waals surface area contributed by atoms with Gasteiger partial charge in [-0.3, -0.25) is 9.78 Å². The first kappa shape index (κ1) is 18.3. The molecule has 0 aliphatic carbocycles. The summed E-state index contributed by atoms with van der Waals surface area (Å²) in [6.07, 6.45) is 4.08. The number of rotatable bonds is 8. The minimum Gasteiger partial charge on any atom is -0.481 e. The van der Waals surface area contributed by atoms with Gasteiger partial charge in [0.2, 0.25) is 0 Å². The van der Waals surface area contributed by atoms with E-state index in [1.807, 2.05) is 31.2 Å². The van der Waals surface area contributed by atoms with Crippen molar-refractivity contribution in [1.29, 1.82) is 0 Å². The Morgan fingerprint density at radius 1 is 1.29 bits per heavy atom. The van der Waals surface area contributed by atoms with Gasteiger partial charge in [-0.05, 0) is 69.0 Å². The maximum absolute atomic E-state index is 12.1. The van der Waals surface area contributed by atoms with Crippen molar-refractivity contribution >= 4 is 17.5 Å². The van der Waals surface area contributed by atoms with Crippen LogP contribution >= 0.6 is 11.6 Å². The summed E-state index contributed by atoms with van der Waals surface area (Å²) in [4.78, 5) is 16.4. The van der Waals surface area contributed by atoms with Crippen molar-refractivity contribution in [1.82, 2.24) is 10.3 Å². The average Bonchev–Trinajstić information content (AvgIpc) is 2.57. The van der Waals surface area contributed by atoms with Gasteiger partial charge in [0.15, 0.2) is 6.10 Å². The summed E-state index contributed by atoms with van der Waals surface area (Å²) in [5, 5.41) is 3.57. The second kappa shape index (κ2) is 9.28. The van der Waals surface area contributed by atoms with E-state index in [0.717, 1.165) is 30.5 Å². The lowest BCUT2D eigenvalue weighted by atomic mass is 10.2. The van der Waals surface area contributed by atoms with E-state index in [1.165, 1.54) is 0 Å². The van der Waals surface area contributed by atoms with Crippen molar-refractivity contribution in [2.24, 2.45) is 0 Å². The minimum atomic E-state index is -0.541. The number of pyridine rings is 1. The Labute approximate surface area is 148 Å². The van der Waals surface area contributed by atoms with Crippen LogP contribution in [0, 0.1) is 6.92 Å². The zero-order valence-electron chi connectivity index (χ0n) is 14.1. The summed E-state index contributed by atoms with van der Waals surface area (Å²) in [5.74, 6) is 0.569. The van der Waals surface area contributed by atoms with Gasteiger partial charge in [0, 0.05) is 23.5 Å². The number of nitrogens with one attached hydrogen (secondary N) is 1. The Morgan fingerprint density at radius 3 is 2.83 bits per heavy atom. The van der Waals surface area contributed by atoms with Crippen molar-refractivity contribution in [3.05, 3.63) is 58.9 Å². The van der Waals surface area contributed by atoms with E-state index < -0.39 is 6.10 Å². The van der Waals surface area contributed by atoms with Gasteiger partial charge >= 0.3 is 0 Å². The van der Waals surface area contributed by atoms with Gasteiger partial charge in [-0.2, -0.15) is 0 Å². The summed E-state index contributed by atoms with van der Waals surface area (Å²) in [6, 6.07) is 11.3. The molecule has 0 aliphatic rings. The Bertz CT molecular complexity index is 662. The fourth-order valence-electron chi connectivity index (χ4n) is 2.32. The summed E-state index contributed by atoms with van der Waals surface area (Å²) in [5.41, 5.74) is 2.00. The predicted octanol–water partition coefficient (Wildman–Crippen LogP) is 3.95. The van der Waals surface area contributed by atoms with E-state index in [4.69, 9.17) is 16.3 Å². The molecule has 0 bridgehead atoms. The summed E-state index contributed by atoms with van der Waals surface area (Å²) in [6.45, 7) is 4.29. The molecule has 0 unspecified atom stereocenters. The maximum atomic E-state index is 12.1. The number of hydrogen-bond acceptors (Lipinski definition) is 3. The largest absolute Gasteiger partial charge is 0.481 e. The Hall–Kier alpha value is -2.07. The highest BCUT2D eigenvalue weighted by Crippen LogP contribution is 2.22. The Kier molecular flexibility index (Phi) is 7.07. The first-order chi connectivity index (χ1) is 11.6. The molecule has 1 aromatic carbocycles. The lowest BCUT2D eigenvalue weighted by Gasteiger charge is -2.16. The number of ether oxygens (including phenoxy) is 1. The third-order valence-electron chi connectivity index (χ3n) is 3.70. The molecule has 24 heavy (non-hydrogen) atoms. The van der Waals surface area contributed by atoms with Crippen LogP contribution < -0.4 is 10.1 Å². The normalized spacial score (nSPS) is 11.8. The third kappa shape index (κ3) is 5.85. The van der Waals surface area contributed by atoms with Crippen LogP contribution in [0.4, 0.5) is 0 Å². The molecule has 2 aromatic rings. The van der Waals surface area contributed by atoms with Crippen molar-refractivity contribution in [3.63, 3.8) is 0 Å². The second-order valence-electron chi connectivity index (χ2n) is 5.74. The second-order valence-corrected chi connectivity index (χ2v) is 6.18. The third-order valence-corrected chi connectivity index (χ3v) is 3.93. The van der Waals surface area contributed by atoms with Crippen LogP contribution in [0.2, 0.25) is 5.02 Å². The van der Waals surface area contributed by atoms with Crippen molar-refractivity contribution < 1.29 is 9.53 Å². The van der Waals surface area contributed by atoms with Gasteiger partial charge in [0.25, 0.3) is 5.91 Å². The van der Waals surface area contributed by atoms with Crippen molar-refractivity contribution in [2.45, 2.75) is 39.2 Å². The molecule has 0 spiro atoms. The Balaban J connectivity index is 1.68. The molecule has 1 amide bonds. The number of hydrogen-bond donors (Lipinski definition) is 1. The van der Waals surface area contributed by atoms with Crippen molar-refractivity contribution in [3.8, 4) is 5.75 Å². The molecule has 1 N–H and O–H groups in total. The standard InChI is InChI=1S/C19H23ClN2O2/c1-14-13-16(20)9-10-18(14)24-15(2)19(23)22-12-6-4-8-17-7-3-5-11-21-17/h3,5,7,9-11,13,15H,4,6,8,12H2,1-2H3,(H,22,23)/t15-/m1/s1. The van der Waals surface area contributed by atoms with Gasteiger partial charge in [0.05, 0.1) is 0 Å². The molecule has 0 saturated carbocycles. The summed E-state index contributed by atoms with van der Waals surface area (Å²) >= 11 is 5.92. The predicted molar refractivity (Wildman–Crippen MR) is 96.5 cm³/mol. The fraction of sp³-hybridized carbons (Fsp3) is 0.368. The van der Waals surface area contributed by atoms with E-state index in [0.29, 0.717) is 17.3 Å². The van der Waals surface area contributed by atoms with Crippen LogP contribution in [0.25, 0.3) is 0 Å². The van der Waals surface area contributed by atoms with Gasteiger partial charge < -0.3 is 10.1 Å². The number of nitrogens with zero attached hydrogens (tertiary/aromatic N) is 1. The van der Waals surface area contributed by atoms with E-state index in [9.17, 15) is 4.79 Å². The average molecular weight is 347 g/mol. The van der Waals surface area contributed by atoms with Crippen molar-refractivity contribution in [2.75, 3.05) is 6.54 Å². The molecule has 0 aliphatic heterocycles. The summed E-state index contributed by atoms with van der Waals surface area (Å²) in [7, 11) is 0. The molecule has 1 atom stereocenters. The number of amides is 1. The molecule has 0 radical (unpaired) electrons. The Morgan fingerprint density at radius 2 is 2.12 bits per heavy atom. The monoisotopic (exact) mass is 346 g/mol. The van der Waals surface area contributed by atoms with E-state index in [2.05, 4.69) is 10.3 Å². The first-order valence-electron chi connectivity index (χ1n) is 8.16. The first-order valence-corrected chi connectivity index (χ1v) is 8.54. The number of carbonyl (C=O) groups is 1. The molecular formula is C19H23ClN2O2. The molecule has 128 valence electrons.